The highest BCUT2D eigenvalue weighted by atomic mass is 16.5. The van der Waals surface area contributed by atoms with Gasteiger partial charge in [-0.05, 0) is 13.8 Å². The van der Waals surface area contributed by atoms with Crippen molar-refractivity contribution in [2.24, 2.45) is 0 Å². The van der Waals surface area contributed by atoms with Crippen LogP contribution < -0.4 is 5.32 Å². The van der Waals surface area contributed by atoms with E-state index in [2.05, 4.69) is 15.2 Å². The fraction of sp³-hybridized carbons (Fsp3) is 0.500. The van der Waals surface area contributed by atoms with Crippen LogP contribution in [0.15, 0.2) is 4.52 Å². The fourth-order valence-corrected chi connectivity index (χ4v) is 1.22. The Balaban J connectivity index is 2.31. The van der Waals surface area contributed by atoms with Gasteiger partial charge in [-0.1, -0.05) is 5.16 Å². The zero-order valence-corrected chi connectivity index (χ0v) is 9.65. The molecule has 0 aliphatic carbocycles. The Bertz CT molecular complexity index is 393. The van der Waals surface area contributed by atoms with Crippen molar-refractivity contribution in [1.82, 2.24) is 10.5 Å². The normalized spacial score (nSPS) is 10.2. The van der Waals surface area contributed by atoms with Gasteiger partial charge in [-0.15, -0.1) is 0 Å². The monoisotopic (exact) mass is 242 g/mol. The first-order valence-electron chi connectivity index (χ1n) is 4.98. The first-order chi connectivity index (χ1) is 8.00. The number of aryl methyl sites for hydroxylation is 2. The van der Waals surface area contributed by atoms with Crippen LogP contribution in [0.2, 0.25) is 0 Å². The lowest BCUT2D eigenvalue weighted by molar-refractivity contribution is -0.143. The van der Waals surface area contributed by atoms with Gasteiger partial charge < -0.3 is 19.7 Å². The Hall–Kier alpha value is -1.89. The first kappa shape index (κ1) is 13.2. The minimum absolute atomic E-state index is 0.282. The first-order valence-corrected chi connectivity index (χ1v) is 4.98. The number of carboxylic acid groups (broad SMARTS) is 1. The highest BCUT2D eigenvalue weighted by Crippen LogP contribution is 2.11. The van der Waals surface area contributed by atoms with Gasteiger partial charge in [-0.2, -0.15) is 0 Å². The van der Waals surface area contributed by atoms with Crippen LogP contribution in [-0.2, 0) is 20.9 Å². The Morgan fingerprint density at radius 2 is 2.12 bits per heavy atom. The summed E-state index contributed by atoms with van der Waals surface area (Å²) in [5.74, 6) is -0.843. The minimum Gasteiger partial charge on any atom is -0.480 e. The third-order valence-corrected chi connectivity index (χ3v) is 2.10. The maximum atomic E-state index is 11.3. The number of ether oxygens (including phenoxy) is 1. The average molecular weight is 242 g/mol. The van der Waals surface area contributed by atoms with Crippen molar-refractivity contribution in [3.63, 3.8) is 0 Å². The van der Waals surface area contributed by atoms with E-state index in [1.165, 1.54) is 0 Å². The molecule has 0 unspecified atom stereocenters. The molecule has 1 aromatic rings. The molecule has 0 bridgehead atoms. The number of nitrogens with one attached hydrogen (secondary N) is 1. The van der Waals surface area contributed by atoms with Gasteiger partial charge in [-0.25, -0.2) is 4.79 Å². The SMILES string of the molecule is Cc1noc(C)c1CNC(=O)COCC(=O)O. The molecule has 0 saturated carbocycles. The second kappa shape index (κ2) is 6.00. The minimum atomic E-state index is -1.11. The molecule has 17 heavy (non-hydrogen) atoms. The summed E-state index contributed by atoms with van der Waals surface area (Å²) in [4.78, 5) is 21.4. The van der Waals surface area contributed by atoms with E-state index in [1.54, 1.807) is 13.8 Å². The molecule has 0 spiro atoms. The van der Waals surface area contributed by atoms with Crippen molar-refractivity contribution in [2.75, 3.05) is 13.2 Å². The maximum Gasteiger partial charge on any atom is 0.329 e. The zero-order chi connectivity index (χ0) is 12.8. The Labute approximate surface area is 97.7 Å². The number of carbonyl (C=O) groups excluding carboxylic acids is 1. The molecule has 1 aromatic heterocycles. The highest BCUT2D eigenvalue weighted by Gasteiger charge is 2.10. The van der Waals surface area contributed by atoms with E-state index in [4.69, 9.17) is 9.63 Å². The van der Waals surface area contributed by atoms with Gasteiger partial charge >= 0.3 is 5.97 Å². The van der Waals surface area contributed by atoms with E-state index >= 15 is 0 Å². The van der Waals surface area contributed by atoms with E-state index in [-0.39, 0.29) is 19.1 Å². The average Bonchev–Trinajstić information content (AvgIpc) is 2.55. The molecule has 7 heteroatoms. The van der Waals surface area contributed by atoms with Crippen molar-refractivity contribution >= 4 is 11.9 Å². The van der Waals surface area contributed by atoms with Gasteiger partial charge in [0.25, 0.3) is 0 Å². The number of hydrogen-bond acceptors (Lipinski definition) is 5. The van der Waals surface area contributed by atoms with E-state index in [1.807, 2.05) is 0 Å². The van der Waals surface area contributed by atoms with Crippen LogP contribution in [0, 0.1) is 13.8 Å². The number of rotatable bonds is 6. The number of nitrogens with zero attached hydrogens (tertiary/aromatic N) is 1. The molecule has 1 amide bonds. The summed E-state index contributed by atoms with van der Waals surface area (Å²) in [5.41, 5.74) is 1.53. The molecule has 0 aliphatic heterocycles. The second-order valence-electron chi connectivity index (χ2n) is 3.47. The van der Waals surface area contributed by atoms with Crippen LogP contribution in [0.3, 0.4) is 0 Å². The molecule has 7 nitrogen and oxygen atoms in total. The molecule has 0 radical (unpaired) electrons. The largest absolute Gasteiger partial charge is 0.480 e. The molecular formula is C10H14N2O5. The number of hydrogen-bond donors (Lipinski definition) is 2. The van der Waals surface area contributed by atoms with Crippen LogP contribution in [0.4, 0.5) is 0 Å². The Morgan fingerprint density at radius 3 is 2.65 bits per heavy atom. The molecule has 0 aromatic carbocycles. The molecule has 0 saturated heterocycles. The van der Waals surface area contributed by atoms with Crippen LogP contribution in [-0.4, -0.2) is 35.4 Å². The summed E-state index contributed by atoms with van der Waals surface area (Å²) < 4.78 is 9.57. The molecule has 0 atom stereocenters. The van der Waals surface area contributed by atoms with Crippen LogP contribution in [0.5, 0.6) is 0 Å². The lowest BCUT2D eigenvalue weighted by Gasteiger charge is -2.04. The molecule has 2 N–H and O–H groups in total. The highest BCUT2D eigenvalue weighted by molar-refractivity contribution is 5.77. The summed E-state index contributed by atoms with van der Waals surface area (Å²) in [5, 5.41) is 14.6. The predicted molar refractivity (Wildman–Crippen MR) is 56.3 cm³/mol. The molecule has 1 heterocycles. The van der Waals surface area contributed by atoms with Crippen LogP contribution >= 0.6 is 0 Å². The summed E-state index contributed by atoms with van der Waals surface area (Å²) in [6, 6.07) is 0. The lowest BCUT2D eigenvalue weighted by Crippen LogP contribution is -2.28. The summed E-state index contributed by atoms with van der Waals surface area (Å²) >= 11 is 0. The number of carbonyl (C=O) groups is 2. The third-order valence-electron chi connectivity index (χ3n) is 2.10. The van der Waals surface area contributed by atoms with Crippen molar-refractivity contribution < 1.29 is 24.0 Å². The quantitative estimate of drug-likeness (QED) is 0.728. The third kappa shape index (κ3) is 4.23. The van der Waals surface area contributed by atoms with Gasteiger partial charge in [-0.3, -0.25) is 4.79 Å². The summed E-state index contributed by atoms with van der Waals surface area (Å²) in [6.07, 6.45) is 0. The van der Waals surface area contributed by atoms with Gasteiger partial charge in [0.05, 0.1) is 5.69 Å². The van der Waals surface area contributed by atoms with E-state index in [9.17, 15) is 9.59 Å². The van der Waals surface area contributed by atoms with Crippen molar-refractivity contribution in [2.45, 2.75) is 20.4 Å². The lowest BCUT2D eigenvalue weighted by atomic mass is 10.2. The molecular weight excluding hydrogens is 228 g/mol. The fourth-order valence-electron chi connectivity index (χ4n) is 1.22. The van der Waals surface area contributed by atoms with Crippen LogP contribution in [0.1, 0.15) is 17.0 Å². The standard InChI is InChI=1S/C10H14N2O5/c1-6-8(7(2)17-12-6)3-11-9(13)4-16-5-10(14)15/h3-5H2,1-2H3,(H,11,13)(H,14,15). The maximum absolute atomic E-state index is 11.3. The second-order valence-corrected chi connectivity index (χ2v) is 3.47. The van der Waals surface area contributed by atoms with Crippen molar-refractivity contribution in [1.29, 1.82) is 0 Å². The Morgan fingerprint density at radius 1 is 1.41 bits per heavy atom. The Kier molecular flexibility index (Phi) is 4.65. The van der Waals surface area contributed by atoms with E-state index in [0.29, 0.717) is 11.5 Å². The van der Waals surface area contributed by atoms with Crippen molar-refractivity contribution in [3.05, 3.63) is 17.0 Å². The van der Waals surface area contributed by atoms with Crippen molar-refractivity contribution in [3.8, 4) is 0 Å². The number of aromatic nitrogens is 1. The summed E-state index contributed by atoms with van der Waals surface area (Å²) in [7, 11) is 0. The predicted octanol–water partition coefficient (Wildman–Crippen LogP) is 0.00884. The number of carboxylic acids is 1. The van der Waals surface area contributed by atoms with Crippen LogP contribution in [0.25, 0.3) is 0 Å². The molecule has 0 fully saturated rings. The topological polar surface area (TPSA) is 102 Å². The van der Waals surface area contributed by atoms with Gasteiger partial charge in [0.2, 0.25) is 5.91 Å². The molecule has 94 valence electrons. The number of aliphatic carboxylic acids is 1. The van der Waals surface area contributed by atoms with E-state index < -0.39 is 12.6 Å². The zero-order valence-electron chi connectivity index (χ0n) is 9.65. The van der Waals surface area contributed by atoms with E-state index in [0.717, 1.165) is 5.56 Å². The number of amides is 1. The van der Waals surface area contributed by atoms with Gasteiger partial charge in [0, 0.05) is 12.1 Å². The molecule has 1 rings (SSSR count). The summed E-state index contributed by atoms with van der Waals surface area (Å²) in [6.45, 7) is 3.05. The van der Waals surface area contributed by atoms with Gasteiger partial charge in [0.15, 0.2) is 0 Å². The van der Waals surface area contributed by atoms with Gasteiger partial charge in [0.1, 0.15) is 19.0 Å². The smallest absolute Gasteiger partial charge is 0.329 e. The molecule has 0 aliphatic rings.